The predicted octanol–water partition coefficient (Wildman–Crippen LogP) is 3.31. The van der Waals surface area contributed by atoms with E-state index < -0.39 is 5.97 Å². The van der Waals surface area contributed by atoms with Crippen LogP contribution < -0.4 is 0 Å². The molecule has 96 valence electrons. The normalized spacial score (nSPS) is 11.0. The maximum absolute atomic E-state index is 11.0. The van der Waals surface area contributed by atoms with E-state index in [4.69, 9.17) is 5.11 Å². The molecule has 0 aliphatic heterocycles. The van der Waals surface area contributed by atoms with Crippen molar-refractivity contribution in [2.45, 2.75) is 0 Å². The van der Waals surface area contributed by atoms with Crippen LogP contribution in [0.1, 0.15) is 10.5 Å². The van der Waals surface area contributed by atoms with Crippen LogP contribution in [-0.4, -0.2) is 20.7 Å². The van der Waals surface area contributed by atoms with E-state index >= 15 is 0 Å². The second-order valence-corrected chi connectivity index (χ2v) is 5.33. The molecule has 2 N–H and O–H groups in total. The summed E-state index contributed by atoms with van der Waals surface area (Å²) < 4.78 is 2.46. The van der Waals surface area contributed by atoms with E-state index in [0.717, 1.165) is 20.7 Å². The van der Waals surface area contributed by atoms with Crippen molar-refractivity contribution in [2.75, 3.05) is 0 Å². The Morgan fingerprint density at radius 2 is 2.05 bits per heavy atom. The third-order valence-corrected chi connectivity index (χ3v) is 4.31. The van der Waals surface area contributed by atoms with E-state index in [1.807, 2.05) is 12.1 Å². The van der Waals surface area contributed by atoms with Crippen molar-refractivity contribution in [3.05, 3.63) is 42.1 Å². The molecule has 3 rings (SSSR count). The lowest BCUT2D eigenvalue weighted by Gasteiger charge is -2.02. The number of carboxylic acid groups (broad SMARTS) is 1. The first kappa shape index (κ1) is 11.8. The molecule has 0 saturated carbocycles. The van der Waals surface area contributed by atoms with E-state index in [-0.39, 0.29) is 11.4 Å². The Labute approximate surface area is 113 Å². The maximum Gasteiger partial charge on any atom is 0.352 e. The zero-order valence-electron chi connectivity index (χ0n) is 10.1. The van der Waals surface area contributed by atoms with Crippen molar-refractivity contribution in [1.82, 2.24) is 4.57 Å². The van der Waals surface area contributed by atoms with E-state index in [1.54, 1.807) is 35.9 Å². The van der Waals surface area contributed by atoms with Gasteiger partial charge in [-0.1, -0.05) is 12.1 Å². The molecule has 4 nitrogen and oxygen atoms in total. The molecule has 0 fully saturated rings. The molecule has 0 aliphatic rings. The lowest BCUT2D eigenvalue weighted by molar-refractivity contribution is 0.0687. The minimum absolute atomic E-state index is 0.247. The number of nitrogens with zero attached hydrogens (tertiary/aromatic N) is 1. The standard InChI is InChI=1S/C14H11NO3S/c1-15-9(5-6-10(15)14(17)18)12-7-8-3-2-4-11(16)13(8)19-12/h2-7,16H,1H3,(H,17,18). The van der Waals surface area contributed by atoms with E-state index in [0.29, 0.717) is 0 Å². The highest BCUT2D eigenvalue weighted by Crippen LogP contribution is 2.38. The highest BCUT2D eigenvalue weighted by atomic mass is 32.1. The van der Waals surface area contributed by atoms with Gasteiger partial charge in [0.15, 0.2) is 0 Å². The summed E-state index contributed by atoms with van der Waals surface area (Å²) >= 11 is 1.45. The van der Waals surface area contributed by atoms with Crippen LogP contribution in [0.25, 0.3) is 20.7 Å². The first-order chi connectivity index (χ1) is 9.08. The molecule has 0 aliphatic carbocycles. The van der Waals surface area contributed by atoms with Crippen LogP contribution in [0.15, 0.2) is 36.4 Å². The van der Waals surface area contributed by atoms with Gasteiger partial charge in [-0.2, -0.15) is 0 Å². The predicted molar refractivity (Wildman–Crippen MR) is 74.9 cm³/mol. The smallest absolute Gasteiger partial charge is 0.352 e. The fourth-order valence-corrected chi connectivity index (χ4v) is 3.28. The molecule has 19 heavy (non-hydrogen) atoms. The number of carbonyl (C=O) groups is 1. The third kappa shape index (κ3) is 1.79. The Balaban J connectivity index is 2.20. The van der Waals surface area contributed by atoms with Crippen molar-refractivity contribution in [1.29, 1.82) is 0 Å². The Kier molecular flexibility index (Phi) is 2.57. The quantitative estimate of drug-likeness (QED) is 0.753. The van der Waals surface area contributed by atoms with Crippen LogP contribution in [0, 0.1) is 0 Å². The largest absolute Gasteiger partial charge is 0.506 e. The Morgan fingerprint density at radius 3 is 2.68 bits per heavy atom. The number of hydrogen-bond donors (Lipinski definition) is 2. The summed E-state index contributed by atoms with van der Waals surface area (Å²) in [6.45, 7) is 0. The number of hydrogen-bond acceptors (Lipinski definition) is 3. The third-order valence-electron chi connectivity index (χ3n) is 3.12. The van der Waals surface area contributed by atoms with Crippen LogP contribution in [0.3, 0.4) is 0 Å². The topological polar surface area (TPSA) is 62.5 Å². The van der Waals surface area contributed by atoms with Gasteiger partial charge in [-0.05, 0) is 29.7 Å². The van der Waals surface area contributed by atoms with Crippen LogP contribution in [-0.2, 0) is 7.05 Å². The van der Waals surface area contributed by atoms with Gasteiger partial charge >= 0.3 is 5.97 Å². The van der Waals surface area contributed by atoms with Crippen molar-refractivity contribution in [2.24, 2.45) is 7.05 Å². The highest BCUT2D eigenvalue weighted by molar-refractivity contribution is 7.22. The fourth-order valence-electron chi connectivity index (χ4n) is 2.15. The van der Waals surface area contributed by atoms with Crippen LogP contribution in [0.4, 0.5) is 0 Å². The van der Waals surface area contributed by atoms with Gasteiger partial charge in [-0.3, -0.25) is 0 Å². The van der Waals surface area contributed by atoms with Crippen LogP contribution in [0.5, 0.6) is 5.75 Å². The van der Waals surface area contributed by atoms with Gasteiger partial charge in [-0.15, -0.1) is 11.3 Å². The highest BCUT2D eigenvalue weighted by Gasteiger charge is 2.14. The van der Waals surface area contributed by atoms with Crippen LogP contribution >= 0.6 is 11.3 Å². The summed E-state index contributed by atoms with van der Waals surface area (Å²) in [6.07, 6.45) is 0. The van der Waals surface area contributed by atoms with Gasteiger partial charge in [0.05, 0.1) is 15.3 Å². The number of benzene rings is 1. The van der Waals surface area contributed by atoms with Gasteiger partial charge in [-0.25, -0.2) is 4.79 Å². The van der Waals surface area contributed by atoms with Gasteiger partial charge in [0, 0.05) is 7.05 Å². The molecule has 3 aromatic rings. The second kappa shape index (κ2) is 4.13. The molecular weight excluding hydrogens is 262 g/mol. The SMILES string of the molecule is Cn1c(C(=O)O)ccc1-c1cc2cccc(O)c2s1. The molecule has 0 bridgehead atoms. The number of aromatic nitrogens is 1. The summed E-state index contributed by atoms with van der Waals surface area (Å²) in [4.78, 5) is 12.0. The summed E-state index contributed by atoms with van der Waals surface area (Å²) in [7, 11) is 1.73. The van der Waals surface area contributed by atoms with Crippen molar-refractivity contribution >= 4 is 27.4 Å². The van der Waals surface area contributed by atoms with Crippen molar-refractivity contribution < 1.29 is 15.0 Å². The molecule has 0 unspecified atom stereocenters. The number of aromatic hydroxyl groups is 1. The summed E-state index contributed by atoms with van der Waals surface area (Å²) in [5.74, 6) is -0.695. The minimum atomic E-state index is -0.947. The summed E-state index contributed by atoms with van der Waals surface area (Å²) in [5, 5.41) is 19.8. The number of carboxylic acids is 1. The summed E-state index contributed by atoms with van der Waals surface area (Å²) in [6, 6.07) is 10.7. The zero-order valence-corrected chi connectivity index (χ0v) is 10.9. The first-order valence-electron chi connectivity index (χ1n) is 5.69. The summed E-state index contributed by atoms with van der Waals surface area (Å²) in [5.41, 5.74) is 1.08. The molecule has 5 heteroatoms. The van der Waals surface area contributed by atoms with Crippen molar-refractivity contribution in [3.8, 4) is 16.3 Å². The fraction of sp³-hybridized carbons (Fsp3) is 0.0714. The molecular formula is C14H11NO3S. The molecule has 1 aromatic carbocycles. The first-order valence-corrected chi connectivity index (χ1v) is 6.50. The Bertz CT molecular complexity index is 785. The number of phenolic OH excluding ortho intramolecular Hbond substituents is 1. The monoisotopic (exact) mass is 273 g/mol. The molecule has 2 aromatic heterocycles. The molecule has 0 atom stereocenters. The lowest BCUT2D eigenvalue weighted by Crippen LogP contribution is -2.04. The zero-order chi connectivity index (χ0) is 13.6. The van der Waals surface area contributed by atoms with Gasteiger partial charge in [0.2, 0.25) is 0 Å². The van der Waals surface area contributed by atoms with Gasteiger partial charge in [0.1, 0.15) is 11.4 Å². The van der Waals surface area contributed by atoms with E-state index in [1.165, 1.54) is 11.3 Å². The molecule has 0 saturated heterocycles. The average Bonchev–Trinajstić information content (AvgIpc) is 2.93. The number of aromatic carboxylic acids is 1. The molecule has 0 spiro atoms. The number of thiophene rings is 1. The maximum atomic E-state index is 11.0. The minimum Gasteiger partial charge on any atom is -0.506 e. The second-order valence-electron chi connectivity index (χ2n) is 4.27. The Hall–Kier alpha value is -2.27. The lowest BCUT2D eigenvalue weighted by atomic mass is 10.2. The molecule has 0 radical (unpaired) electrons. The van der Waals surface area contributed by atoms with Gasteiger partial charge in [0.25, 0.3) is 0 Å². The molecule has 0 amide bonds. The van der Waals surface area contributed by atoms with E-state index in [9.17, 15) is 9.90 Å². The molecule has 2 heterocycles. The van der Waals surface area contributed by atoms with Crippen molar-refractivity contribution in [3.63, 3.8) is 0 Å². The van der Waals surface area contributed by atoms with Gasteiger partial charge < -0.3 is 14.8 Å². The van der Waals surface area contributed by atoms with E-state index in [2.05, 4.69) is 0 Å². The van der Waals surface area contributed by atoms with Crippen LogP contribution in [0.2, 0.25) is 0 Å². The number of rotatable bonds is 2. The number of fused-ring (bicyclic) bond motifs is 1. The average molecular weight is 273 g/mol. The Morgan fingerprint density at radius 1 is 1.26 bits per heavy atom. The number of phenols is 1.